The summed E-state index contributed by atoms with van der Waals surface area (Å²) in [6.45, 7) is 1.61. The molecule has 0 heterocycles. The fraction of sp³-hybridized carbons (Fsp3) is 0.455. The van der Waals surface area contributed by atoms with Gasteiger partial charge in [0.05, 0.1) is 0 Å². The molecule has 0 unspecified atom stereocenters. The van der Waals surface area contributed by atoms with Crippen molar-refractivity contribution in [2.75, 3.05) is 25.6 Å². The van der Waals surface area contributed by atoms with E-state index in [1.807, 2.05) is 13.3 Å². The third-order valence-electron chi connectivity index (χ3n) is 2.47. The zero-order chi connectivity index (χ0) is 12.8. The van der Waals surface area contributed by atoms with Crippen molar-refractivity contribution in [1.29, 1.82) is 0 Å². The molecule has 0 aliphatic heterocycles. The van der Waals surface area contributed by atoms with Crippen molar-refractivity contribution in [2.24, 2.45) is 0 Å². The van der Waals surface area contributed by atoms with Crippen LogP contribution in [0.5, 0.6) is 0 Å². The van der Waals surface area contributed by atoms with E-state index in [2.05, 4.69) is 4.90 Å². The van der Waals surface area contributed by atoms with Crippen LogP contribution >= 0.6 is 11.8 Å². The zero-order valence-electron chi connectivity index (χ0n) is 10.1. The standard InChI is InChI=1S/C11H17BFNO2S/c1-14(5-6-17-2)8-9-3-4-11(13)10(7-9)12(15)16/h3-4,7,15-16H,5-6,8H2,1-2H3. The number of hydrogen-bond acceptors (Lipinski definition) is 4. The first kappa shape index (κ1) is 14.5. The molecule has 0 spiro atoms. The predicted molar refractivity (Wildman–Crippen MR) is 70.9 cm³/mol. The van der Waals surface area contributed by atoms with Crippen molar-refractivity contribution in [2.45, 2.75) is 6.54 Å². The van der Waals surface area contributed by atoms with Gasteiger partial charge in [-0.25, -0.2) is 4.39 Å². The molecule has 6 heteroatoms. The van der Waals surface area contributed by atoms with E-state index in [1.165, 1.54) is 12.1 Å². The Kier molecular flexibility index (Phi) is 5.98. The lowest BCUT2D eigenvalue weighted by atomic mass is 9.79. The molecule has 0 aromatic heterocycles. The zero-order valence-corrected chi connectivity index (χ0v) is 10.9. The maximum absolute atomic E-state index is 13.2. The summed E-state index contributed by atoms with van der Waals surface area (Å²) in [4.78, 5) is 2.11. The Labute approximate surface area is 106 Å². The van der Waals surface area contributed by atoms with Crippen LogP contribution in [0.15, 0.2) is 18.2 Å². The topological polar surface area (TPSA) is 43.7 Å². The van der Waals surface area contributed by atoms with Gasteiger partial charge in [0.15, 0.2) is 0 Å². The van der Waals surface area contributed by atoms with Crippen molar-refractivity contribution >= 4 is 24.3 Å². The quantitative estimate of drug-likeness (QED) is 0.719. The van der Waals surface area contributed by atoms with Crippen LogP contribution < -0.4 is 5.46 Å². The average molecular weight is 257 g/mol. The number of benzene rings is 1. The summed E-state index contributed by atoms with van der Waals surface area (Å²) >= 11 is 1.77. The summed E-state index contributed by atoms with van der Waals surface area (Å²) in [5.41, 5.74) is 0.805. The van der Waals surface area contributed by atoms with Crippen LogP contribution in [-0.4, -0.2) is 47.7 Å². The number of halogens is 1. The first-order chi connectivity index (χ1) is 8.04. The van der Waals surface area contributed by atoms with Crippen molar-refractivity contribution in [3.63, 3.8) is 0 Å². The molecule has 0 aliphatic carbocycles. The second kappa shape index (κ2) is 7.01. The fourth-order valence-electron chi connectivity index (χ4n) is 1.53. The van der Waals surface area contributed by atoms with E-state index in [-0.39, 0.29) is 5.46 Å². The maximum Gasteiger partial charge on any atom is 0.491 e. The molecule has 0 saturated carbocycles. The van der Waals surface area contributed by atoms with Crippen LogP contribution in [0.2, 0.25) is 0 Å². The molecular weight excluding hydrogens is 240 g/mol. The first-order valence-corrected chi connectivity index (χ1v) is 6.76. The van der Waals surface area contributed by atoms with Gasteiger partial charge in [0.25, 0.3) is 0 Å². The van der Waals surface area contributed by atoms with E-state index >= 15 is 0 Å². The highest BCUT2D eigenvalue weighted by Gasteiger charge is 2.16. The van der Waals surface area contributed by atoms with Crippen molar-refractivity contribution in [3.8, 4) is 0 Å². The minimum absolute atomic E-state index is 0.0687. The normalized spacial score (nSPS) is 10.9. The molecule has 94 valence electrons. The molecule has 1 aromatic rings. The molecule has 0 saturated heterocycles. The highest BCUT2D eigenvalue weighted by Crippen LogP contribution is 2.05. The van der Waals surface area contributed by atoms with Gasteiger partial charge < -0.3 is 14.9 Å². The Hall–Kier alpha value is -0.555. The highest BCUT2D eigenvalue weighted by atomic mass is 32.2. The number of thioether (sulfide) groups is 1. The third-order valence-corrected chi connectivity index (χ3v) is 3.06. The Bertz CT molecular complexity index is 365. The van der Waals surface area contributed by atoms with Gasteiger partial charge >= 0.3 is 7.12 Å². The molecule has 0 radical (unpaired) electrons. The summed E-state index contributed by atoms with van der Waals surface area (Å²) in [6.07, 6.45) is 2.05. The number of hydrogen-bond donors (Lipinski definition) is 2. The van der Waals surface area contributed by atoms with Crippen molar-refractivity contribution in [3.05, 3.63) is 29.6 Å². The monoisotopic (exact) mass is 257 g/mol. The van der Waals surface area contributed by atoms with Crippen LogP contribution in [0.1, 0.15) is 5.56 Å². The molecule has 0 amide bonds. The molecule has 17 heavy (non-hydrogen) atoms. The first-order valence-electron chi connectivity index (χ1n) is 5.36. The van der Waals surface area contributed by atoms with E-state index in [0.29, 0.717) is 6.54 Å². The van der Waals surface area contributed by atoms with E-state index < -0.39 is 12.9 Å². The summed E-state index contributed by atoms with van der Waals surface area (Å²) < 4.78 is 13.2. The molecule has 3 nitrogen and oxygen atoms in total. The SMILES string of the molecule is CSCCN(C)Cc1ccc(F)c(B(O)O)c1. The average Bonchev–Trinajstić information content (AvgIpc) is 2.28. The number of nitrogens with zero attached hydrogens (tertiary/aromatic N) is 1. The fourth-order valence-corrected chi connectivity index (χ4v) is 2.02. The molecule has 2 N–H and O–H groups in total. The largest absolute Gasteiger partial charge is 0.491 e. The summed E-state index contributed by atoms with van der Waals surface area (Å²) in [5, 5.41) is 18.0. The Morgan fingerprint density at radius 1 is 1.41 bits per heavy atom. The molecule has 0 atom stereocenters. The van der Waals surface area contributed by atoms with Gasteiger partial charge in [-0.15, -0.1) is 0 Å². The lowest BCUT2D eigenvalue weighted by Gasteiger charge is -2.16. The summed E-state index contributed by atoms with van der Waals surface area (Å²) in [6, 6.07) is 4.43. The maximum atomic E-state index is 13.2. The van der Waals surface area contributed by atoms with Crippen LogP contribution in [0.3, 0.4) is 0 Å². The van der Waals surface area contributed by atoms with Crippen LogP contribution in [0.4, 0.5) is 4.39 Å². The smallest absolute Gasteiger partial charge is 0.423 e. The molecule has 1 rings (SSSR count). The molecular formula is C11H17BFNO2S. The van der Waals surface area contributed by atoms with Gasteiger partial charge in [-0.1, -0.05) is 12.1 Å². The van der Waals surface area contributed by atoms with Crippen LogP contribution in [0, 0.1) is 5.82 Å². The minimum atomic E-state index is -1.76. The number of rotatable bonds is 6. The Balaban J connectivity index is 2.68. The predicted octanol–water partition coefficient (Wildman–Crippen LogP) is 0.300. The summed E-state index contributed by atoms with van der Waals surface area (Å²) in [7, 11) is 0.223. The van der Waals surface area contributed by atoms with E-state index in [4.69, 9.17) is 10.0 Å². The second-order valence-electron chi connectivity index (χ2n) is 3.96. The van der Waals surface area contributed by atoms with Gasteiger partial charge in [-0.05, 0) is 24.9 Å². The van der Waals surface area contributed by atoms with Crippen molar-refractivity contribution < 1.29 is 14.4 Å². The van der Waals surface area contributed by atoms with Gasteiger partial charge in [0.2, 0.25) is 0 Å². The minimum Gasteiger partial charge on any atom is -0.423 e. The Morgan fingerprint density at radius 2 is 2.12 bits per heavy atom. The second-order valence-corrected chi connectivity index (χ2v) is 4.95. The summed E-state index contributed by atoms with van der Waals surface area (Å²) in [5.74, 6) is 0.447. The van der Waals surface area contributed by atoms with Gasteiger partial charge in [-0.2, -0.15) is 11.8 Å². The van der Waals surface area contributed by atoms with Gasteiger partial charge in [-0.3, -0.25) is 0 Å². The molecule has 0 bridgehead atoms. The Morgan fingerprint density at radius 3 is 2.71 bits per heavy atom. The molecule has 0 aliphatic rings. The highest BCUT2D eigenvalue weighted by molar-refractivity contribution is 7.98. The lowest BCUT2D eigenvalue weighted by Crippen LogP contribution is -2.33. The lowest BCUT2D eigenvalue weighted by molar-refractivity contribution is 0.348. The molecule has 0 fully saturated rings. The van der Waals surface area contributed by atoms with Gasteiger partial charge in [0, 0.05) is 24.3 Å². The van der Waals surface area contributed by atoms with Crippen molar-refractivity contribution in [1.82, 2.24) is 4.90 Å². The van der Waals surface area contributed by atoms with Crippen LogP contribution in [0.25, 0.3) is 0 Å². The van der Waals surface area contributed by atoms with E-state index in [0.717, 1.165) is 17.9 Å². The van der Waals surface area contributed by atoms with Gasteiger partial charge in [0.1, 0.15) is 5.82 Å². The van der Waals surface area contributed by atoms with Crippen LogP contribution in [-0.2, 0) is 6.54 Å². The van der Waals surface area contributed by atoms with E-state index in [1.54, 1.807) is 17.8 Å². The van der Waals surface area contributed by atoms with E-state index in [9.17, 15) is 4.39 Å². The third kappa shape index (κ3) is 4.67. The molecule has 1 aromatic carbocycles.